The SMILES string of the molecule is COc1nc(C#N)c(C(=O)Cl)cc1C(F)F. The molecule has 0 bridgehead atoms. The van der Waals surface area contributed by atoms with E-state index in [-0.39, 0.29) is 11.3 Å². The van der Waals surface area contributed by atoms with Crippen molar-refractivity contribution in [1.29, 1.82) is 5.26 Å². The number of aromatic nitrogens is 1. The highest BCUT2D eigenvalue weighted by atomic mass is 35.5. The van der Waals surface area contributed by atoms with Gasteiger partial charge in [0.2, 0.25) is 5.88 Å². The van der Waals surface area contributed by atoms with E-state index in [1.807, 2.05) is 0 Å². The third-order valence-corrected chi connectivity index (χ3v) is 1.96. The van der Waals surface area contributed by atoms with E-state index in [9.17, 15) is 13.6 Å². The molecule has 0 amide bonds. The van der Waals surface area contributed by atoms with Gasteiger partial charge in [0, 0.05) is 0 Å². The minimum absolute atomic E-state index is 0.346. The van der Waals surface area contributed by atoms with E-state index >= 15 is 0 Å². The van der Waals surface area contributed by atoms with Crippen LogP contribution < -0.4 is 4.74 Å². The largest absolute Gasteiger partial charge is 0.481 e. The van der Waals surface area contributed by atoms with Crippen molar-refractivity contribution in [1.82, 2.24) is 4.98 Å². The number of carbonyl (C=O) groups is 1. The summed E-state index contributed by atoms with van der Waals surface area (Å²) in [5.74, 6) is -0.395. The lowest BCUT2D eigenvalue weighted by Gasteiger charge is -2.08. The van der Waals surface area contributed by atoms with Crippen LogP contribution in [0.15, 0.2) is 6.07 Å². The van der Waals surface area contributed by atoms with Gasteiger partial charge in [0.05, 0.1) is 18.2 Å². The Morgan fingerprint density at radius 3 is 2.69 bits per heavy atom. The van der Waals surface area contributed by atoms with Crippen molar-refractivity contribution in [2.24, 2.45) is 0 Å². The summed E-state index contributed by atoms with van der Waals surface area (Å²) >= 11 is 5.14. The van der Waals surface area contributed by atoms with E-state index in [0.717, 1.165) is 13.2 Å². The quantitative estimate of drug-likeness (QED) is 0.768. The lowest BCUT2D eigenvalue weighted by molar-refractivity contribution is 0.108. The molecule has 0 aromatic carbocycles. The Morgan fingerprint density at radius 2 is 2.31 bits per heavy atom. The second kappa shape index (κ2) is 4.86. The summed E-state index contributed by atoms with van der Waals surface area (Å²) in [5, 5.41) is 7.63. The van der Waals surface area contributed by atoms with Gasteiger partial charge in [0.1, 0.15) is 6.07 Å². The van der Waals surface area contributed by atoms with Crippen LogP contribution in [0.25, 0.3) is 0 Å². The molecule has 0 aliphatic carbocycles. The van der Waals surface area contributed by atoms with Gasteiger partial charge < -0.3 is 4.74 Å². The van der Waals surface area contributed by atoms with Gasteiger partial charge in [-0.2, -0.15) is 5.26 Å². The monoisotopic (exact) mass is 246 g/mol. The first-order valence-electron chi connectivity index (χ1n) is 3.98. The van der Waals surface area contributed by atoms with Crippen LogP contribution in [0.3, 0.4) is 0 Å². The first-order valence-corrected chi connectivity index (χ1v) is 4.36. The van der Waals surface area contributed by atoms with Crippen LogP contribution in [0, 0.1) is 11.3 Å². The molecule has 1 rings (SSSR count). The van der Waals surface area contributed by atoms with Gasteiger partial charge >= 0.3 is 0 Å². The Labute approximate surface area is 94.4 Å². The molecule has 0 N–H and O–H groups in total. The Morgan fingerprint density at radius 1 is 1.69 bits per heavy atom. The van der Waals surface area contributed by atoms with Crippen molar-refractivity contribution < 1.29 is 18.3 Å². The summed E-state index contributed by atoms with van der Waals surface area (Å²) in [6.07, 6.45) is -2.87. The van der Waals surface area contributed by atoms with Gasteiger partial charge in [-0.05, 0) is 17.7 Å². The predicted octanol–water partition coefficient (Wildman–Crippen LogP) is 2.28. The Hall–Kier alpha value is -1.74. The average Bonchev–Trinajstić information content (AvgIpc) is 2.26. The molecule has 1 aromatic rings. The van der Waals surface area contributed by atoms with Crippen LogP contribution in [-0.2, 0) is 0 Å². The topological polar surface area (TPSA) is 63.0 Å². The summed E-state index contributed by atoms with van der Waals surface area (Å²) in [6, 6.07) is 2.39. The highest BCUT2D eigenvalue weighted by Crippen LogP contribution is 2.29. The van der Waals surface area contributed by atoms with Crippen LogP contribution in [-0.4, -0.2) is 17.3 Å². The smallest absolute Gasteiger partial charge is 0.269 e. The van der Waals surface area contributed by atoms with Gasteiger partial charge in [0.15, 0.2) is 5.69 Å². The van der Waals surface area contributed by atoms with Gasteiger partial charge in [-0.25, -0.2) is 13.8 Å². The number of carbonyl (C=O) groups excluding carboxylic acids is 1. The van der Waals surface area contributed by atoms with Crippen molar-refractivity contribution in [2.75, 3.05) is 7.11 Å². The van der Waals surface area contributed by atoms with Crippen LogP contribution in [0.2, 0.25) is 0 Å². The Balaban J connectivity index is 3.48. The molecule has 0 spiro atoms. The third-order valence-electron chi connectivity index (χ3n) is 1.76. The minimum Gasteiger partial charge on any atom is -0.481 e. The number of hydrogen-bond acceptors (Lipinski definition) is 4. The normalized spacial score (nSPS) is 10.0. The number of halogens is 3. The molecular weight excluding hydrogens is 242 g/mol. The minimum atomic E-state index is -2.87. The third kappa shape index (κ3) is 2.25. The number of ether oxygens (including phenoxy) is 1. The molecule has 0 radical (unpaired) electrons. The Bertz CT molecular complexity index is 471. The van der Waals surface area contributed by atoms with E-state index in [1.165, 1.54) is 0 Å². The van der Waals surface area contributed by atoms with Gasteiger partial charge in [-0.1, -0.05) is 0 Å². The lowest BCUT2D eigenvalue weighted by atomic mass is 10.1. The van der Waals surface area contributed by atoms with Crippen LogP contribution in [0.4, 0.5) is 8.78 Å². The van der Waals surface area contributed by atoms with Crippen LogP contribution in [0.5, 0.6) is 5.88 Å². The molecule has 1 aromatic heterocycles. The van der Waals surface area contributed by atoms with Crippen LogP contribution in [0.1, 0.15) is 28.0 Å². The fourth-order valence-electron chi connectivity index (χ4n) is 1.07. The molecule has 0 saturated carbocycles. The zero-order valence-corrected chi connectivity index (χ0v) is 8.76. The maximum absolute atomic E-state index is 12.5. The Kier molecular flexibility index (Phi) is 3.74. The van der Waals surface area contributed by atoms with Crippen molar-refractivity contribution >= 4 is 16.8 Å². The number of methoxy groups -OCH3 is 1. The molecule has 0 atom stereocenters. The van der Waals surface area contributed by atoms with E-state index < -0.39 is 23.1 Å². The fraction of sp³-hybridized carbons (Fsp3) is 0.222. The number of rotatable bonds is 3. The number of hydrogen-bond donors (Lipinski definition) is 0. The molecule has 0 saturated heterocycles. The lowest BCUT2D eigenvalue weighted by Crippen LogP contribution is -2.04. The first-order chi connectivity index (χ1) is 7.51. The predicted molar refractivity (Wildman–Crippen MR) is 50.6 cm³/mol. The second-order valence-corrected chi connectivity index (χ2v) is 3.01. The van der Waals surface area contributed by atoms with E-state index in [1.54, 1.807) is 6.07 Å². The highest BCUT2D eigenvalue weighted by molar-refractivity contribution is 6.68. The van der Waals surface area contributed by atoms with Gasteiger partial charge in [-0.15, -0.1) is 0 Å². The van der Waals surface area contributed by atoms with Crippen molar-refractivity contribution in [2.45, 2.75) is 6.43 Å². The van der Waals surface area contributed by atoms with Gasteiger partial charge in [-0.3, -0.25) is 4.79 Å². The molecule has 1 heterocycles. The molecule has 84 valence electrons. The van der Waals surface area contributed by atoms with Crippen molar-refractivity contribution in [3.05, 3.63) is 22.9 Å². The van der Waals surface area contributed by atoms with E-state index in [2.05, 4.69) is 9.72 Å². The van der Waals surface area contributed by atoms with Gasteiger partial charge in [0.25, 0.3) is 11.7 Å². The second-order valence-electron chi connectivity index (χ2n) is 2.67. The zero-order chi connectivity index (χ0) is 12.3. The standard InChI is InChI=1S/C9H5ClF2N2O2/c1-16-9-5(8(11)12)2-4(7(10)15)6(3-13)14-9/h2,8H,1H3. The molecular formula is C9H5ClF2N2O2. The summed E-state index contributed by atoms with van der Waals surface area (Å²) < 4.78 is 29.7. The number of nitriles is 1. The molecule has 4 nitrogen and oxygen atoms in total. The van der Waals surface area contributed by atoms with E-state index in [0.29, 0.717) is 0 Å². The molecule has 16 heavy (non-hydrogen) atoms. The maximum Gasteiger partial charge on any atom is 0.269 e. The fourth-order valence-corrected chi connectivity index (χ4v) is 1.21. The molecule has 0 aliphatic heterocycles. The van der Waals surface area contributed by atoms with Crippen molar-refractivity contribution in [3.63, 3.8) is 0 Å². The first kappa shape index (κ1) is 12.3. The van der Waals surface area contributed by atoms with E-state index in [4.69, 9.17) is 16.9 Å². The average molecular weight is 247 g/mol. The van der Waals surface area contributed by atoms with Crippen molar-refractivity contribution in [3.8, 4) is 11.9 Å². The number of alkyl halides is 2. The maximum atomic E-state index is 12.5. The molecule has 0 fully saturated rings. The zero-order valence-electron chi connectivity index (χ0n) is 8.00. The van der Waals surface area contributed by atoms with Crippen LogP contribution >= 0.6 is 11.6 Å². The molecule has 0 unspecified atom stereocenters. The summed E-state index contributed by atoms with van der Waals surface area (Å²) in [7, 11) is 1.14. The summed E-state index contributed by atoms with van der Waals surface area (Å²) in [5.41, 5.74) is -1.29. The number of nitrogens with zero attached hydrogens (tertiary/aromatic N) is 2. The summed E-state index contributed by atoms with van der Waals surface area (Å²) in [6.45, 7) is 0. The highest BCUT2D eigenvalue weighted by Gasteiger charge is 2.21. The summed E-state index contributed by atoms with van der Waals surface area (Å²) in [4.78, 5) is 14.4. The molecule has 7 heteroatoms. The number of pyridine rings is 1. The molecule has 0 aliphatic rings.